The quantitative estimate of drug-likeness (QED) is 0.138. The lowest BCUT2D eigenvalue weighted by Gasteiger charge is -1.95. The Hall–Kier alpha value is -11.5. The molecule has 544 valence electrons. The number of aromatic nitrogens is 16. The highest BCUT2D eigenvalue weighted by Crippen LogP contribution is 2.16. The summed E-state index contributed by atoms with van der Waals surface area (Å²) >= 11 is 0. The maximum atomic E-state index is 4.34. The van der Waals surface area contributed by atoms with E-state index in [1.165, 1.54) is 22.1 Å². The van der Waals surface area contributed by atoms with Gasteiger partial charge in [0.15, 0.2) is 5.65 Å². The number of benzene rings is 2. The number of aryl methyl sites for hydroxylation is 8. The highest BCUT2D eigenvalue weighted by atomic mass is 14.8. The van der Waals surface area contributed by atoms with Gasteiger partial charge in [-0.3, -0.25) is 59.8 Å². The van der Waals surface area contributed by atoms with Crippen molar-refractivity contribution in [2.24, 2.45) is 0 Å². The molecule has 0 radical (unpaired) electrons. The highest BCUT2D eigenvalue weighted by Gasteiger charge is 1.99. The molecule has 0 saturated heterocycles. The summed E-state index contributed by atoms with van der Waals surface area (Å²) in [5.41, 5.74) is 15.5. The van der Waals surface area contributed by atoms with E-state index in [0.717, 1.165) is 110 Å². The zero-order valence-corrected chi connectivity index (χ0v) is 66.2. The number of hydrogen-bond donors (Lipinski definition) is 0. The van der Waals surface area contributed by atoms with Crippen molar-refractivity contribution in [2.45, 2.75) is 166 Å². The van der Waals surface area contributed by atoms with Gasteiger partial charge in [-0.2, -0.15) is 0 Å². The normalized spacial score (nSPS) is 9.15. The topological polar surface area (TPSA) is 206 Å². The van der Waals surface area contributed by atoms with Crippen LogP contribution in [-0.4, -0.2) is 79.7 Å². The maximum Gasteiger partial charge on any atom is 0.159 e. The third kappa shape index (κ3) is 32.9. The van der Waals surface area contributed by atoms with Gasteiger partial charge in [-0.05, 0) is 187 Å². The summed E-state index contributed by atoms with van der Waals surface area (Å²) in [7, 11) is 0. The Balaban J connectivity index is 0.000000578. The van der Waals surface area contributed by atoms with Gasteiger partial charge in [0.05, 0.1) is 39.3 Å². The molecule has 0 aliphatic heterocycles. The van der Waals surface area contributed by atoms with Gasteiger partial charge in [0.25, 0.3) is 0 Å². The van der Waals surface area contributed by atoms with E-state index in [2.05, 4.69) is 117 Å². The number of rotatable bonds is 0. The molecule has 0 aliphatic carbocycles. The Morgan fingerprint density at radius 1 is 0.192 bits per heavy atom. The predicted octanol–water partition coefficient (Wildman–Crippen LogP) is 23.7. The van der Waals surface area contributed by atoms with Gasteiger partial charge in [0, 0.05) is 171 Å². The van der Waals surface area contributed by atoms with Gasteiger partial charge in [0.2, 0.25) is 0 Å². The van der Waals surface area contributed by atoms with Gasteiger partial charge >= 0.3 is 0 Å². The van der Waals surface area contributed by atoms with Crippen LogP contribution in [-0.2, 0) is 0 Å². The zero-order chi connectivity index (χ0) is 77.5. The lowest BCUT2D eigenvalue weighted by Crippen LogP contribution is -1.82. The summed E-state index contributed by atoms with van der Waals surface area (Å²) in [6.07, 6.45) is 32.1. The van der Waals surface area contributed by atoms with Crippen molar-refractivity contribution in [3.05, 3.63) is 290 Å². The summed E-state index contributed by atoms with van der Waals surface area (Å²) in [6, 6.07) is 44.1. The fourth-order valence-corrected chi connectivity index (χ4v) is 8.63. The fraction of sp³-hybridized carbons (Fsp3) is 0.273. The molecule has 0 atom stereocenters. The summed E-state index contributed by atoms with van der Waals surface area (Å²) in [5, 5.41) is 10.1. The van der Waals surface area contributed by atoms with Gasteiger partial charge in [0.1, 0.15) is 6.33 Å². The average molecular weight is 1390 g/mol. The lowest BCUT2D eigenvalue weighted by atomic mass is 10.2. The van der Waals surface area contributed by atoms with E-state index in [9.17, 15) is 0 Å². The first kappa shape index (κ1) is 90.5. The monoisotopic (exact) mass is 1390 g/mol. The van der Waals surface area contributed by atoms with Crippen molar-refractivity contribution in [3.8, 4) is 0 Å². The zero-order valence-electron chi connectivity index (χ0n) is 66.2. The molecule has 0 fully saturated rings. The first-order valence-corrected chi connectivity index (χ1v) is 36.2. The van der Waals surface area contributed by atoms with Gasteiger partial charge in [-0.25, -0.2) is 19.9 Å². The van der Waals surface area contributed by atoms with E-state index in [1.54, 1.807) is 62.1 Å². The Morgan fingerprint density at radius 3 is 1.30 bits per heavy atom. The van der Waals surface area contributed by atoms with Gasteiger partial charge in [-0.1, -0.05) is 135 Å². The van der Waals surface area contributed by atoms with Crippen LogP contribution in [0, 0.1) is 55.4 Å². The molecule has 0 N–H and O–H groups in total. The first-order chi connectivity index (χ1) is 50.9. The number of fused-ring (bicyclic) bond motifs is 8. The fourth-order valence-electron chi connectivity index (χ4n) is 8.63. The standard InChI is InChI=1S/8C9H8N2.8C2H6/c1-7-4-9-5-10-3-2-8(9)6-11-7;1-7-4-8-2-3-10-5-9(8)6-11-7;1-7-2-3-9-8(4-7)5-10-6-11-9;1-7-2-3-8-6-10-5-4-9(8)11-7;1-7-2-3-8-4-5-10-6-9(8)11-7;1-7-2-3-8-9(6-7)11-5-4-10-8;1-7-5-9-8(6-11-7)3-2-4-10-9;1-7-5-8-3-2-4-10-9(8)11-6-7;8*1-2/h8*2-6H,1H3;8*1-2H3. The molecular weight excluding hydrogens is 1280 g/mol. The summed E-state index contributed by atoms with van der Waals surface area (Å²) in [6.45, 7) is 48.0. The molecule has 0 unspecified atom stereocenters. The molecule has 16 rings (SSSR count). The van der Waals surface area contributed by atoms with Crippen LogP contribution in [0.4, 0.5) is 0 Å². The molecule has 2 aromatic carbocycles. The third-order valence-corrected chi connectivity index (χ3v) is 13.1. The van der Waals surface area contributed by atoms with Crippen LogP contribution in [0.3, 0.4) is 0 Å². The van der Waals surface area contributed by atoms with Crippen molar-refractivity contribution in [2.75, 3.05) is 0 Å². The van der Waals surface area contributed by atoms with E-state index in [4.69, 9.17) is 0 Å². The Bertz CT molecular complexity index is 3990. The van der Waals surface area contributed by atoms with E-state index < -0.39 is 0 Å². The largest absolute Gasteiger partial charge is 0.264 e. The number of nitrogens with zero attached hydrogens (tertiary/aromatic N) is 16. The van der Waals surface area contributed by atoms with E-state index in [0.29, 0.717) is 0 Å². The van der Waals surface area contributed by atoms with Crippen LogP contribution >= 0.6 is 0 Å². The molecule has 104 heavy (non-hydrogen) atoms. The highest BCUT2D eigenvalue weighted by molar-refractivity contribution is 5.83. The summed E-state index contributed by atoms with van der Waals surface area (Å²) in [5.74, 6) is 0. The van der Waals surface area contributed by atoms with E-state index in [1.807, 2.05) is 312 Å². The van der Waals surface area contributed by atoms with Crippen LogP contribution in [0.25, 0.3) is 87.2 Å². The summed E-state index contributed by atoms with van der Waals surface area (Å²) < 4.78 is 0. The van der Waals surface area contributed by atoms with E-state index in [-0.39, 0.29) is 0 Å². The molecule has 0 bridgehead atoms. The minimum Gasteiger partial charge on any atom is -0.264 e. The Labute approximate surface area is 620 Å². The Morgan fingerprint density at radius 2 is 0.644 bits per heavy atom. The lowest BCUT2D eigenvalue weighted by molar-refractivity contribution is 1.21. The minimum atomic E-state index is 0.818. The number of hydrogen-bond acceptors (Lipinski definition) is 16. The molecule has 14 heterocycles. The average Bonchev–Trinajstić information content (AvgIpc) is 1.05. The molecule has 0 aliphatic rings. The van der Waals surface area contributed by atoms with Crippen molar-refractivity contribution >= 4 is 87.2 Å². The molecule has 0 spiro atoms. The molecule has 0 saturated carbocycles. The second-order valence-electron chi connectivity index (χ2n) is 20.4. The minimum absolute atomic E-state index is 0.818. The molecule has 16 nitrogen and oxygen atoms in total. The van der Waals surface area contributed by atoms with E-state index >= 15 is 0 Å². The van der Waals surface area contributed by atoms with Crippen molar-refractivity contribution in [1.82, 2.24) is 79.7 Å². The maximum absolute atomic E-state index is 4.34. The van der Waals surface area contributed by atoms with Crippen molar-refractivity contribution in [1.29, 1.82) is 0 Å². The second kappa shape index (κ2) is 55.2. The van der Waals surface area contributed by atoms with Crippen LogP contribution in [0.2, 0.25) is 0 Å². The molecular formula is C88H112N16. The van der Waals surface area contributed by atoms with Crippen LogP contribution in [0.15, 0.2) is 245 Å². The van der Waals surface area contributed by atoms with Crippen molar-refractivity contribution < 1.29 is 0 Å². The predicted molar refractivity (Wildman–Crippen MR) is 445 cm³/mol. The van der Waals surface area contributed by atoms with Crippen LogP contribution in [0.5, 0.6) is 0 Å². The molecule has 16 aromatic rings. The summed E-state index contributed by atoms with van der Waals surface area (Å²) in [4.78, 5) is 66.1. The molecule has 14 aromatic heterocycles. The third-order valence-electron chi connectivity index (χ3n) is 13.1. The molecule has 16 heteroatoms. The second-order valence-corrected chi connectivity index (χ2v) is 20.4. The Kier molecular flexibility index (Phi) is 48.0. The first-order valence-electron chi connectivity index (χ1n) is 36.2. The van der Waals surface area contributed by atoms with Gasteiger partial charge in [-0.15, -0.1) is 0 Å². The number of pyridine rings is 12. The SMILES string of the molecule is CC.CC.CC.CC.CC.CC.CC.CC.Cc1cc2ccncc2cn1.Cc1cc2cnccc2cn1.Cc1cc2ncccc2cn1.Cc1ccc2ccncc2n1.Cc1ccc2cnccc2n1.Cc1ccc2nccnc2c1.Cc1ccc2ncncc2c1.Cc1cnc2ncccc2c1. The molecule has 0 amide bonds. The smallest absolute Gasteiger partial charge is 0.159 e. The van der Waals surface area contributed by atoms with Crippen molar-refractivity contribution in [3.63, 3.8) is 0 Å². The van der Waals surface area contributed by atoms with Crippen LogP contribution < -0.4 is 0 Å². The van der Waals surface area contributed by atoms with Gasteiger partial charge < -0.3 is 0 Å². The van der Waals surface area contributed by atoms with Crippen LogP contribution in [0.1, 0.15) is 156 Å².